The molecule has 0 spiro atoms. The van der Waals surface area contributed by atoms with Crippen molar-refractivity contribution in [3.05, 3.63) is 18.0 Å². The summed E-state index contributed by atoms with van der Waals surface area (Å²) in [5.74, 6) is 1.24. The summed E-state index contributed by atoms with van der Waals surface area (Å²) in [5, 5.41) is 5.61. The van der Waals surface area contributed by atoms with Crippen molar-refractivity contribution in [1.82, 2.24) is 5.16 Å². The first-order valence-electron chi connectivity index (χ1n) is 5.15. The van der Waals surface area contributed by atoms with Gasteiger partial charge in [0.1, 0.15) is 5.75 Å². The first kappa shape index (κ1) is 10.0. The Balaban J connectivity index is 2.62. The van der Waals surface area contributed by atoms with Gasteiger partial charge in [-0.05, 0) is 13.0 Å². The number of hydrogen-bond acceptors (Lipinski definition) is 5. The van der Waals surface area contributed by atoms with Crippen molar-refractivity contribution in [3.63, 3.8) is 0 Å². The van der Waals surface area contributed by atoms with E-state index in [1.807, 2.05) is 13.0 Å². The molecule has 0 unspecified atom stereocenters. The van der Waals surface area contributed by atoms with Crippen LogP contribution < -0.4 is 9.47 Å². The van der Waals surface area contributed by atoms with Gasteiger partial charge in [-0.1, -0.05) is 5.16 Å². The quantitative estimate of drug-likeness (QED) is 0.681. The Labute approximate surface area is 96.9 Å². The van der Waals surface area contributed by atoms with Crippen molar-refractivity contribution in [2.45, 2.75) is 6.92 Å². The number of hydrogen-bond donors (Lipinski definition) is 0. The van der Waals surface area contributed by atoms with Crippen molar-refractivity contribution in [3.8, 4) is 11.5 Å². The molecular formula is C12H11NO4. The SMILES string of the molecule is COc1c2occc2c(OC)c2c(C)noc12. The lowest BCUT2D eigenvalue weighted by Gasteiger charge is -2.06. The minimum absolute atomic E-state index is 0.543. The highest BCUT2D eigenvalue weighted by molar-refractivity contribution is 6.07. The molecule has 17 heavy (non-hydrogen) atoms. The number of aromatic nitrogens is 1. The monoisotopic (exact) mass is 233 g/mol. The number of furan rings is 1. The van der Waals surface area contributed by atoms with Gasteiger partial charge < -0.3 is 18.4 Å². The summed E-state index contributed by atoms with van der Waals surface area (Å²) in [4.78, 5) is 0. The summed E-state index contributed by atoms with van der Waals surface area (Å²) in [6, 6.07) is 1.84. The molecular weight excluding hydrogens is 222 g/mol. The molecule has 0 bridgehead atoms. The zero-order valence-electron chi connectivity index (χ0n) is 9.73. The predicted octanol–water partition coefficient (Wildman–Crippen LogP) is 2.90. The zero-order valence-corrected chi connectivity index (χ0v) is 9.73. The highest BCUT2D eigenvalue weighted by Crippen LogP contribution is 2.44. The van der Waals surface area contributed by atoms with Crippen molar-refractivity contribution >= 4 is 21.9 Å². The van der Waals surface area contributed by atoms with Gasteiger partial charge in [0, 0.05) is 0 Å². The van der Waals surface area contributed by atoms with E-state index in [1.54, 1.807) is 20.5 Å². The van der Waals surface area contributed by atoms with Gasteiger partial charge in [-0.15, -0.1) is 0 Å². The van der Waals surface area contributed by atoms with Crippen molar-refractivity contribution in [2.75, 3.05) is 14.2 Å². The number of methoxy groups -OCH3 is 2. The van der Waals surface area contributed by atoms with Crippen LogP contribution in [0.5, 0.6) is 11.5 Å². The molecule has 5 heteroatoms. The van der Waals surface area contributed by atoms with E-state index < -0.39 is 0 Å². The lowest BCUT2D eigenvalue weighted by atomic mass is 10.1. The van der Waals surface area contributed by atoms with Crippen LogP contribution in [0.2, 0.25) is 0 Å². The first-order chi connectivity index (χ1) is 8.27. The van der Waals surface area contributed by atoms with Gasteiger partial charge in [-0.3, -0.25) is 0 Å². The van der Waals surface area contributed by atoms with Crippen LogP contribution >= 0.6 is 0 Å². The molecule has 1 aromatic carbocycles. The maximum atomic E-state index is 5.42. The molecule has 0 aliphatic heterocycles. The number of nitrogens with zero attached hydrogens (tertiary/aromatic N) is 1. The van der Waals surface area contributed by atoms with E-state index in [0.717, 1.165) is 16.5 Å². The van der Waals surface area contributed by atoms with Crippen LogP contribution in [-0.4, -0.2) is 19.4 Å². The predicted molar refractivity (Wildman–Crippen MR) is 61.6 cm³/mol. The van der Waals surface area contributed by atoms with E-state index in [2.05, 4.69) is 5.16 Å². The van der Waals surface area contributed by atoms with Crippen LogP contribution in [0.4, 0.5) is 0 Å². The summed E-state index contributed by atoms with van der Waals surface area (Å²) in [6.07, 6.45) is 1.59. The van der Waals surface area contributed by atoms with E-state index in [0.29, 0.717) is 22.7 Å². The highest BCUT2D eigenvalue weighted by Gasteiger charge is 2.22. The summed E-state index contributed by atoms with van der Waals surface area (Å²) in [5.41, 5.74) is 1.91. The van der Waals surface area contributed by atoms with Crippen LogP contribution in [0.25, 0.3) is 21.9 Å². The molecule has 0 fully saturated rings. The lowest BCUT2D eigenvalue weighted by molar-refractivity contribution is 0.387. The molecule has 0 aliphatic carbocycles. The maximum Gasteiger partial charge on any atom is 0.216 e. The summed E-state index contributed by atoms with van der Waals surface area (Å²) in [6.45, 7) is 1.86. The Kier molecular flexibility index (Phi) is 2.01. The third kappa shape index (κ3) is 1.16. The fourth-order valence-corrected chi connectivity index (χ4v) is 2.09. The van der Waals surface area contributed by atoms with E-state index in [4.69, 9.17) is 18.4 Å². The van der Waals surface area contributed by atoms with Crippen LogP contribution in [0.15, 0.2) is 21.3 Å². The van der Waals surface area contributed by atoms with Gasteiger partial charge in [-0.2, -0.15) is 0 Å². The Morgan fingerprint density at radius 2 is 1.88 bits per heavy atom. The van der Waals surface area contributed by atoms with Crippen LogP contribution in [0, 0.1) is 6.92 Å². The third-order valence-corrected chi connectivity index (χ3v) is 2.82. The second-order valence-corrected chi connectivity index (χ2v) is 3.70. The van der Waals surface area contributed by atoms with Crippen LogP contribution in [-0.2, 0) is 0 Å². The first-order valence-corrected chi connectivity index (χ1v) is 5.15. The number of rotatable bonds is 2. The second kappa shape index (κ2) is 3.41. The lowest BCUT2D eigenvalue weighted by Crippen LogP contribution is -1.90. The Morgan fingerprint density at radius 1 is 1.12 bits per heavy atom. The minimum atomic E-state index is 0.543. The Morgan fingerprint density at radius 3 is 2.59 bits per heavy atom. The smallest absolute Gasteiger partial charge is 0.216 e. The van der Waals surface area contributed by atoms with Crippen LogP contribution in [0.1, 0.15) is 5.69 Å². The second-order valence-electron chi connectivity index (χ2n) is 3.70. The third-order valence-electron chi connectivity index (χ3n) is 2.82. The van der Waals surface area contributed by atoms with Gasteiger partial charge in [-0.25, -0.2) is 0 Å². The normalized spacial score (nSPS) is 11.2. The van der Waals surface area contributed by atoms with Gasteiger partial charge >= 0.3 is 0 Å². The van der Waals surface area contributed by atoms with Gasteiger partial charge in [0.05, 0.1) is 36.9 Å². The maximum absolute atomic E-state index is 5.42. The summed E-state index contributed by atoms with van der Waals surface area (Å²) >= 11 is 0. The van der Waals surface area contributed by atoms with E-state index in [9.17, 15) is 0 Å². The van der Waals surface area contributed by atoms with Crippen molar-refractivity contribution in [1.29, 1.82) is 0 Å². The summed E-state index contributed by atoms with van der Waals surface area (Å²) < 4.78 is 21.4. The number of aryl methyl sites for hydroxylation is 1. The zero-order chi connectivity index (χ0) is 12.0. The van der Waals surface area contributed by atoms with E-state index >= 15 is 0 Å². The largest absolute Gasteiger partial charge is 0.495 e. The Bertz CT molecular complexity index is 695. The number of fused-ring (bicyclic) bond motifs is 2. The topological polar surface area (TPSA) is 57.6 Å². The summed E-state index contributed by atoms with van der Waals surface area (Å²) in [7, 11) is 3.18. The van der Waals surface area contributed by atoms with Gasteiger partial charge in [0.2, 0.25) is 11.3 Å². The molecule has 0 atom stereocenters. The van der Waals surface area contributed by atoms with Gasteiger partial charge in [0.15, 0.2) is 5.58 Å². The molecule has 3 rings (SSSR count). The molecule has 0 amide bonds. The molecule has 0 saturated carbocycles. The van der Waals surface area contributed by atoms with Gasteiger partial charge in [0.25, 0.3) is 0 Å². The standard InChI is InChI=1S/C12H11NO4/c1-6-8-9(14-2)7-4-5-16-10(7)12(15-3)11(8)17-13-6/h4-5H,1-3H3. The van der Waals surface area contributed by atoms with Crippen LogP contribution in [0.3, 0.4) is 0 Å². The minimum Gasteiger partial charge on any atom is -0.495 e. The van der Waals surface area contributed by atoms with E-state index in [1.165, 1.54) is 0 Å². The number of benzene rings is 1. The average molecular weight is 233 g/mol. The molecule has 0 saturated heterocycles. The average Bonchev–Trinajstić information content (AvgIpc) is 2.94. The molecule has 2 aromatic heterocycles. The van der Waals surface area contributed by atoms with Crippen molar-refractivity contribution < 1.29 is 18.4 Å². The Hall–Kier alpha value is -2.17. The molecule has 0 N–H and O–H groups in total. The highest BCUT2D eigenvalue weighted by atomic mass is 16.5. The molecule has 0 aliphatic rings. The molecule has 88 valence electrons. The molecule has 5 nitrogen and oxygen atoms in total. The molecule has 2 heterocycles. The fraction of sp³-hybridized carbons (Fsp3) is 0.250. The van der Waals surface area contributed by atoms with E-state index in [-0.39, 0.29) is 0 Å². The molecule has 3 aromatic rings. The van der Waals surface area contributed by atoms with Crippen molar-refractivity contribution in [2.24, 2.45) is 0 Å². The fourth-order valence-electron chi connectivity index (χ4n) is 2.09. The molecule has 0 radical (unpaired) electrons. The number of ether oxygens (including phenoxy) is 2.